The first kappa shape index (κ1) is 16.8. The molecule has 0 aliphatic rings. The van der Waals surface area contributed by atoms with Crippen LogP contribution in [0.15, 0.2) is 12.1 Å². The molecule has 0 bridgehead atoms. The SMILES string of the molecule is Cc1nc(C(C)(C)NC(=O)c2ccc(F)c(Cl)c2F)sc1C. The van der Waals surface area contributed by atoms with Crippen molar-refractivity contribution >= 4 is 28.8 Å². The largest absolute Gasteiger partial charge is 0.341 e. The van der Waals surface area contributed by atoms with Gasteiger partial charge in [0.25, 0.3) is 5.91 Å². The lowest BCUT2D eigenvalue weighted by Crippen LogP contribution is -2.41. The Morgan fingerprint density at radius 3 is 2.50 bits per heavy atom. The number of aryl methyl sites for hydroxylation is 2. The van der Waals surface area contributed by atoms with Gasteiger partial charge in [-0.05, 0) is 39.8 Å². The summed E-state index contributed by atoms with van der Waals surface area (Å²) in [5.41, 5.74) is -0.198. The second kappa shape index (κ2) is 5.93. The van der Waals surface area contributed by atoms with Gasteiger partial charge in [0.05, 0.1) is 16.8 Å². The van der Waals surface area contributed by atoms with Crippen molar-refractivity contribution in [1.29, 1.82) is 0 Å². The Balaban J connectivity index is 2.30. The van der Waals surface area contributed by atoms with Crippen LogP contribution < -0.4 is 5.32 Å². The summed E-state index contributed by atoms with van der Waals surface area (Å²) in [5.74, 6) is -2.64. The van der Waals surface area contributed by atoms with Crippen LogP contribution in [0.5, 0.6) is 0 Å². The van der Waals surface area contributed by atoms with E-state index in [4.69, 9.17) is 11.6 Å². The van der Waals surface area contributed by atoms with Crippen molar-refractivity contribution in [2.75, 3.05) is 0 Å². The Morgan fingerprint density at radius 1 is 1.32 bits per heavy atom. The third-order valence-electron chi connectivity index (χ3n) is 3.27. The molecule has 3 nitrogen and oxygen atoms in total. The van der Waals surface area contributed by atoms with Gasteiger partial charge in [-0.25, -0.2) is 13.8 Å². The van der Waals surface area contributed by atoms with Gasteiger partial charge >= 0.3 is 0 Å². The Hall–Kier alpha value is -1.53. The quantitative estimate of drug-likeness (QED) is 0.841. The molecule has 0 fully saturated rings. The van der Waals surface area contributed by atoms with E-state index in [1.165, 1.54) is 11.3 Å². The van der Waals surface area contributed by atoms with Crippen LogP contribution in [0.4, 0.5) is 8.78 Å². The molecule has 7 heteroatoms. The number of hydrogen-bond acceptors (Lipinski definition) is 3. The Labute approximate surface area is 136 Å². The van der Waals surface area contributed by atoms with Crippen LogP contribution in [0, 0.1) is 25.5 Å². The number of halogens is 3. The van der Waals surface area contributed by atoms with E-state index in [0.717, 1.165) is 22.7 Å². The van der Waals surface area contributed by atoms with E-state index in [0.29, 0.717) is 5.01 Å². The zero-order valence-corrected chi connectivity index (χ0v) is 14.1. The Bertz CT molecular complexity index is 724. The van der Waals surface area contributed by atoms with Crippen molar-refractivity contribution in [3.05, 3.63) is 49.9 Å². The van der Waals surface area contributed by atoms with Gasteiger partial charge in [-0.1, -0.05) is 11.6 Å². The molecule has 0 atom stereocenters. The lowest BCUT2D eigenvalue weighted by atomic mass is 10.1. The van der Waals surface area contributed by atoms with Gasteiger partial charge in [0.1, 0.15) is 15.8 Å². The summed E-state index contributed by atoms with van der Waals surface area (Å²) in [6.07, 6.45) is 0. The number of rotatable bonds is 3. The van der Waals surface area contributed by atoms with Crippen LogP contribution in [0.3, 0.4) is 0 Å². The molecular formula is C15H15ClF2N2OS. The van der Waals surface area contributed by atoms with Crippen molar-refractivity contribution in [3.8, 4) is 0 Å². The molecule has 0 saturated carbocycles. The van der Waals surface area contributed by atoms with Gasteiger partial charge in [0, 0.05) is 4.88 Å². The molecule has 1 heterocycles. The zero-order chi connectivity index (χ0) is 16.7. The first-order valence-corrected chi connectivity index (χ1v) is 7.73. The van der Waals surface area contributed by atoms with E-state index in [1.54, 1.807) is 13.8 Å². The average Bonchev–Trinajstić information content (AvgIpc) is 2.76. The molecule has 1 aromatic heterocycles. The van der Waals surface area contributed by atoms with E-state index < -0.39 is 28.1 Å². The Morgan fingerprint density at radius 2 is 1.95 bits per heavy atom. The summed E-state index contributed by atoms with van der Waals surface area (Å²) in [7, 11) is 0. The number of benzene rings is 1. The van der Waals surface area contributed by atoms with Gasteiger partial charge in [0.15, 0.2) is 5.82 Å². The van der Waals surface area contributed by atoms with E-state index in [9.17, 15) is 13.6 Å². The summed E-state index contributed by atoms with van der Waals surface area (Å²) in [5, 5.41) is 2.73. The summed E-state index contributed by atoms with van der Waals surface area (Å²) in [4.78, 5) is 17.7. The molecule has 1 aromatic carbocycles. The lowest BCUT2D eigenvalue weighted by molar-refractivity contribution is 0.0907. The number of amides is 1. The topological polar surface area (TPSA) is 42.0 Å². The fourth-order valence-corrected chi connectivity index (χ4v) is 2.98. The smallest absolute Gasteiger partial charge is 0.255 e. The minimum absolute atomic E-state index is 0.301. The van der Waals surface area contributed by atoms with Gasteiger partial charge in [-0.2, -0.15) is 0 Å². The Kier molecular flexibility index (Phi) is 4.54. The first-order valence-electron chi connectivity index (χ1n) is 6.54. The summed E-state index contributed by atoms with van der Waals surface area (Å²) in [6, 6.07) is 2.03. The van der Waals surface area contributed by atoms with Crippen LogP contribution in [-0.2, 0) is 5.54 Å². The van der Waals surface area contributed by atoms with Gasteiger partial charge in [0.2, 0.25) is 0 Å². The van der Waals surface area contributed by atoms with Crippen LogP contribution >= 0.6 is 22.9 Å². The summed E-state index contributed by atoms with van der Waals surface area (Å²) >= 11 is 6.96. The molecule has 1 N–H and O–H groups in total. The number of nitrogens with zero attached hydrogens (tertiary/aromatic N) is 1. The maximum Gasteiger partial charge on any atom is 0.255 e. The van der Waals surface area contributed by atoms with Gasteiger partial charge in [-0.15, -0.1) is 11.3 Å². The van der Waals surface area contributed by atoms with Crippen molar-refractivity contribution in [2.45, 2.75) is 33.2 Å². The zero-order valence-electron chi connectivity index (χ0n) is 12.6. The fourth-order valence-electron chi connectivity index (χ4n) is 1.85. The maximum atomic E-state index is 13.9. The van der Waals surface area contributed by atoms with Crippen molar-refractivity contribution in [2.24, 2.45) is 0 Å². The molecule has 118 valence electrons. The number of thiazole rings is 1. The normalized spacial score (nSPS) is 11.6. The number of carbonyl (C=O) groups excluding carboxylic acids is 1. The van der Waals surface area contributed by atoms with Gasteiger partial charge < -0.3 is 5.32 Å². The minimum atomic E-state index is -1.07. The molecule has 2 rings (SSSR count). The molecule has 0 spiro atoms. The molecule has 22 heavy (non-hydrogen) atoms. The van der Waals surface area contributed by atoms with Crippen LogP contribution in [-0.4, -0.2) is 10.9 Å². The predicted molar refractivity (Wildman–Crippen MR) is 83.4 cm³/mol. The third kappa shape index (κ3) is 3.13. The predicted octanol–water partition coefficient (Wildman–Crippen LogP) is 4.36. The molecule has 0 aliphatic carbocycles. The minimum Gasteiger partial charge on any atom is -0.341 e. The van der Waals surface area contributed by atoms with Crippen molar-refractivity contribution < 1.29 is 13.6 Å². The number of carbonyl (C=O) groups is 1. The lowest BCUT2D eigenvalue weighted by Gasteiger charge is -2.24. The standard InChI is InChI=1S/C15H15ClF2N2OS/c1-7-8(2)22-14(19-7)15(3,4)20-13(21)9-5-6-10(17)11(16)12(9)18/h5-6H,1-4H3,(H,20,21). The highest BCUT2D eigenvalue weighted by atomic mass is 35.5. The monoisotopic (exact) mass is 344 g/mol. The van der Waals surface area contributed by atoms with Gasteiger partial charge in [-0.3, -0.25) is 4.79 Å². The maximum absolute atomic E-state index is 13.9. The van der Waals surface area contributed by atoms with E-state index in [-0.39, 0.29) is 5.56 Å². The van der Waals surface area contributed by atoms with Crippen LogP contribution in [0.25, 0.3) is 0 Å². The second-order valence-corrected chi connectivity index (χ2v) is 7.04. The fraction of sp³-hybridized carbons (Fsp3) is 0.333. The average molecular weight is 345 g/mol. The van der Waals surface area contributed by atoms with Crippen molar-refractivity contribution in [3.63, 3.8) is 0 Å². The summed E-state index contributed by atoms with van der Waals surface area (Å²) < 4.78 is 27.1. The second-order valence-electron chi connectivity index (χ2n) is 5.46. The van der Waals surface area contributed by atoms with Crippen molar-refractivity contribution in [1.82, 2.24) is 10.3 Å². The molecule has 0 saturated heterocycles. The number of nitrogens with one attached hydrogen (secondary N) is 1. The molecule has 1 amide bonds. The number of hydrogen-bond donors (Lipinski definition) is 1. The number of aromatic nitrogens is 1. The highest BCUT2D eigenvalue weighted by Crippen LogP contribution is 2.28. The highest BCUT2D eigenvalue weighted by Gasteiger charge is 2.29. The molecule has 0 unspecified atom stereocenters. The highest BCUT2D eigenvalue weighted by molar-refractivity contribution is 7.11. The van der Waals surface area contributed by atoms with E-state index >= 15 is 0 Å². The third-order valence-corrected chi connectivity index (χ3v) is 5.01. The van der Waals surface area contributed by atoms with Crippen LogP contribution in [0.1, 0.15) is 39.8 Å². The van der Waals surface area contributed by atoms with E-state index in [2.05, 4.69) is 10.3 Å². The summed E-state index contributed by atoms with van der Waals surface area (Å²) in [6.45, 7) is 7.36. The molecule has 0 aliphatic heterocycles. The van der Waals surface area contributed by atoms with E-state index in [1.807, 2.05) is 13.8 Å². The molecule has 2 aromatic rings. The van der Waals surface area contributed by atoms with Crippen LogP contribution in [0.2, 0.25) is 5.02 Å². The first-order chi connectivity index (χ1) is 10.1. The molecular weight excluding hydrogens is 330 g/mol. The molecule has 0 radical (unpaired) electrons.